The lowest BCUT2D eigenvalue weighted by molar-refractivity contribution is 0.105. The summed E-state index contributed by atoms with van der Waals surface area (Å²) in [5.41, 5.74) is 2.55. The van der Waals surface area contributed by atoms with Crippen molar-refractivity contribution >= 4 is 5.96 Å². The molecule has 0 bridgehead atoms. The Morgan fingerprint density at radius 2 is 2.04 bits per heavy atom. The Balaban J connectivity index is 1.59. The number of aryl methyl sites for hydroxylation is 1. The van der Waals surface area contributed by atoms with Crippen molar-refractivity contribution in [1.29, 1.82) is 0 Å². The summed E-state index contributed by atoms with van der Waals surface area (Å²) in [4.78, 5) is 4.23. The first-order chi connectivity index (χ1) is 11.3. The van der Waals surface area contributed by atoms with Crippen molar-refractivity contribution in [3.63, 3.8) is 0 Å². The molecule has 0 aliphatic carbocycles. The molecule has 1 aromatic carbocycles. The lowest BCUT2D eigenvalue weighted by Gasteiger charge is -2.13. The highest BCUT2D eigenvalue weighted by Crippen LogP contribution is 2.05. The van der Waals surface area contributed by atoms with E-state index in [-0.39, 0.29) is 0 Å². The first kappa shape index (κ1) is 17.1. The van der Waals surface area contributed by atoms with Gasteiger partial charge in [-0.2, -0.15) is 0 Å². The maximum atomic E-state index is 5.54. The number of benzene rings is 1. The Labute approximate surface area is 137 Å². The maximum Gasteiger partial charge on any atom is 0.191 e. The molecule has 2 rings (SSSR count). The molecule has 5 heteroatoms. The summed E-state index contributed by atoms with van der Waals surface area (Å²) >= 11 is 0. The largest absolute Gasteiger partial charge is 0.467 e. The zero-order valence-corrected chi connectivity index (χ0v) is 13.8. The first-order valence-corrected chi connectivity index (χ1v) is 7.88. The lowest BCUT2D eigenvalue weighted by Crippen LogP contribution is -2.37. The van der Waals surface area contributed by atoms with Crippen LogP contribution in [0.1, 0.15) is 23.3 Å². The second-order valence-corrected chi connectivity index (χ2v) is 5.26. The number of ether oxygens (including phenoxy) is 1. The van der Waals surface area contributed by atoms with Crippen LogP contribution in [0.3, 0.4) is 0 Å². The zero-order valence-electron chi connectivity index (χ0n) is 13.8. The van der Waals surface area contributed by atoms with Crippen molar-refractivity contribution in [1.82, 2.24) is 10.6 Å². The molecule has 23 heavy (non-hydrogen) atoms. The van der Waals surface area contributed by atoms with Gasteiger partial charge in [-0.1, -0.05) is 24.3 Å². The summed E-state index contributed by atoms with van der Waals surface area (Å²) in [6.07, 6.45) is 2.57. The van der Waals surface area contributed by atoms with Crippen LogP contribution < -0.4 is 10.6 Å². The smallest absolute Gasteiger partial charge is 0.191 e. The summed E-state index contributed by atoms with van der Waals surface area (Å²) in [5, 5.41) is 6.61. The van der Waals surface area contributed by atoms with Crippen molar-refractivity contribution in [2.45, 2.75) is 26.5 Å². The van der Waals surface area contributed by atoms with Crippen LogP contribution in [-0.2, 0) is 17.9 Å². The monoisotopic (exact) mass is 315 g/mol. The molecule has 1 aromatic heterocycles. The third kappa shape index (κ3) is 6.16. The highest BCUT2D eigenvalue weighted by Gasteiger charge is 2.00. The topological polar surface area (TPSA) is 58.8 Å². The fourth-order valence-corrected chi connectivity index (χ4v) is 2.16. The summed E-state index contributed by atoms with van der Waals surface area (Å²) in [7, 11) is 1.78. The van der Waals surface area contributed by atoms with Crippen LogP contribution in [0.4, 0.5) is 0 Å². The van der Waals surface area contributed by atoms with Crippen LogP contribution in [0.5, 0.6) is 0 Å². The van der Waals surface area contributed by atoms with Gasteiger partial charge in [0.15, 0.2) is 5.96 Å². The van der Waals surface area contributed by atoms with E-state index in [0.29, 0.717) is 13.2 Å². The van der Waals surface area contributed by atoms with E-state index in [1.54, 1.807) is 13.3 Å². The van der Waals surface area contributed by atoms with Gasteiger partial charge in [-0.15, -0.1) is 0 Å². The lowest BCUT2D eigenvalue weighted by atomic mass is 10.1. The molecule has 0 unspecified atom stereocenters. The average Bonchev–Trinajstić information content (AvgIpc) is 3.08. The SMILES string of the molecule is CN=C(NCCCOCc1ccco1)NCc1ccccc1C. The van der Waals surface area contributed by atoms with E-state index in [4.69, 9.17) is 9.15 Å². The third-order valence-corrected chi connectivity index (χ3v) is 3.51. The van der Waals surface area contributed by atoms with Crippen LogP contribution in [-0.4, -0.2) is 26.2 Å². The highest BCUT2D eigenvalue weighted by molar-refractivity contribution is 5.79. The number of aliphatic imine (C=N–C) groups is 1. The zero-order chi connectivity index (χ0) is 16.3. The van der Waals surface area contributed by atoms with E-state index in [9.17, 15) is 0 Å². The van der Waals surface area contributed by atoms with Gasteiger partial charge in [-0.05, 0) is 36.6 Å². The van der Waals surface area contributed by atoms with Gasteiger partial charge in [-0.3, -0.25) is 4.99 Å². The molecular formula is C18H25N3O2. The molecule has 0 amide bonds. The molecule has 0 saturated carbocycles. The minimum Gasteiger partial charge on any atom is -0.467 e. The Morgan fingerprint density at radius 1 is 1.17 bits per heavy atom. The molecule has 0 atom stereocenters. The number of hydrogen-bond acceptors (Lipinski definition) is 3. The highest BCUT2D eigenvalue weighted by atomic mass is 16.5. The molecule has 2 N–H and O–H groups in total. The number of hydrogen-bond donors (Lipinski definition) is 2. The van der Waals surface area contributed by atoms with E-state index in [2.05, 4.69) is 46.8 Å². The molecule has 0 aliphatic rings. The Bertz CT molecular complexity index is 594. The normalized spacial score (nSPS) is 11.5. The number of guanidine groups is 1. The summed E-state index contributed by atoms with van der Waals surface area (Å²) in [6, 6.07) is 12.1. The van der Waals surface area contributed by atoms with Gasteiger partial charge in [0.2, 0.25) is 0 Å². The number of furan rings is 1. The Kier molecular flexibility index (Phi) is 7.20. The van der Waals surface area contributed by atoms with Gasteiger partial charge in [0, 0.05) is 26.7 Å². The van der Waals surface area contributed by atoms with Gasteiger partial charge in [-0.25, -0.2) is 0 Å². The van der Waals surface area contributed by atoms with Gasteiger partial charge < -0.3 is 19.8 Å². The van der Waals surface area contributed by atoms with E-state index < -0.39 is 0 Å². The van der Waals surface area contributed by atoms with E-state index in [0.717, 1.165) is 31.2 Å². The minimum absolute atomic E-state index is 0.521. The van der Waals surface area contributed by atoms with Crippen molar-refractivity contribution in [2.24, 2.45) is 4.99 Å². The maximum absolute atomic E-state index is 5.54. The van der Waals surface area contributed by atoms with Gasteiger partial charge in [0.25, 0.3) is 0 Å². The predicted molar refractivity (Wildman–Crippen MR) is 92.4 cm³/mol. The van der Waals surface area contributed by atoms with Crippen molar-refractivity contribution in [3.05, 3.63) is 59.5 Å². The fourth-order valence-electron chi connectivity index (χ4n) is 2.16. The van der Waals surface area contributed by atoms with Gasteiger partial charge in [0.05, 0.1) is 6.26 Å². The second kappa shape index (κ2) is 9.69. The summed E-state index contributed by atoms with van der Waals surface area (Å²) in [6.45, 7) is 4.90. The summed E-state index contributed by atoms with van der Waals surface area (Å²) < 4.78 is 10.8. The van der Waals surface area contributed by atoms with Crippen LogP contribution in [0, 0.1) is 6.92 Å². The van der Waals surface area contributed by atoms with Crippen LogP contribution >= 0.6 is 0 Å². The Hall–Kier alpha value is -2.27. The molecule has 2 aromatic rings. The van der Waals surface area contributed by atoms with Crippen LogP contribution in [0.15, 0.2) is 52.1 Å². The predicted octanol–water partition coefficient (Wildman–Crippen LogP) is 2.86. The molecule has 0 fully saturated rings. The van der Waals surface area contributed by atoms with E-state index >= 15 is 0 Å². The molecular weight excluding hydrogens is 290 g/mol. The molecule has 5 nitrogen and oxygen atoms in total. The molecule has 0 radical (unpaired) electrons. The van der Waals surface area contributed by atoms with E-state index in [1.165, 1.54) is 11.1 Å². The number of nitrogens with zero attached hydrogens (tertiary/aromatic N) is 1. The summed E-state index contributed by atoms with van der Waals surface area (Å²) in [5.74, 6) is 1.66. The standard InChI is InChI=1S/C18H25N3O2/c1-15-7-3-4-8-16(15)13-21-18(19-2)20-10-6-11-22-14-17-9-5-12-23-17/h3-5,7-9,12H,6,10-11,13-14H2,1-2H3,(H2,19,20,21). The van der Waals surface area contributed by atoms with Crippen molar-refractivity contribution < 1.29 is 9.15 Å². The molecule has 124 valence electrons. The fraction of sp³-hybridized carbons (Fsp3) is 0.389. The number of rotatable bonds is 8. The van der Waals surface area contributed by atoms with Crippen molar-refractivity contribution in [3.8, 4) is 0 Å². The van der Waals surface area contributed by atoms with Gasteiger partial charge >= 0.3 is 0 Å². The molecule has 0 aliphatic heterocycles. The van der Waals surface area contributed by atoms with Gasteiger partial charge in [0.1, 0.15) is 12.4 Å². The molecule has 0 saturated heterocycles. The number of nitrogens with one attached hydrogen (secondary N) is 2. The molecule has 1 heterocycles. The Morgan fingerprint density at radius 3 is 2.78 bits per heavy atom. The van der Waals surface area contributed by atoms with E-state index in [1.807, 2.05) is 12.1 Å². The first-order valence-electron chi connectivity index (χ1n) is 7.88. The van der Waals surface area contributed by atoms with Crippen LogP contribution in [0.25, 0.3) is 0 Å². The van der Waals surface area contributed by atoms with Crippen LogP contribution in [0.2, 0.25) is 0 Å². The minimum atomic E-state index is 0.521. The quantitative estimate of drug-likeness (QED) is 0.447. The third-order valence-electron chi connectivity index (χ3n) is 3.51. The van der Waals surface area contributed by atoms with Crippen molar-refractivity contribution in [2.75, 3.05) is 20.2 Å². The average molecular weight is 315 g/mol. The second-order valence-electron chi connectivity index (χ2n) is 5.26. The molecule has 0 spiro atoms.